The molecule has 0 bridgehead atoms. The summed E-state index contributed by atoms with van der Waals surface area (Å²) in [7, 11) is 1.80. The van der Waals surface area contributed by atoms with Crippen molar-refractivity contribution in [2.45, 2.75) is 13.0 Å². The molecule has 0 aromatic carbocycles. The van der Waals surface area contributed by atoms with Gasteiger partial charge in [0.05, 0.1) is 12.2 Å². The van der Waals surface area contributed by atoms with E-state index in [0.717, 1.165) is 19.5 Å². The Bertz CT molecular complexity index is 490. The first-order chi connectivity index (χ1) is 9.06. The topological polar surface area (TPSA) is 73.7 Å². The summed E-state index contributed by atoms with van der Waals surface area (Å²) in [5, 5.41) is 8.90. The molecule has 1 amide bonds. The summed E-state index contributed by atoms with van der Waals surface area (Å²) in [6, 6.07) is 4.93. The van der Waals surface area contributed by atoms with Gasteiger partial charge in [-0.2, -0.15) is 0 Å². The zero-order chi connectivity index (χ0) is 13.8. The lowest BCUT2D eigenvalue weighted by atomic mass is 10.2. The summed E-state index contributed by atoms with van der Waals surface area (Å²) in [4.78, 5) is 30.4. The number of hydrogen-bond donors (Lipinski definition) is 1. The lowest BCUT2D eigenvalue weighted by Crippen LogP contribution is -2.34. The number of carbonyl (C=O) groups excluding carboxylic acids is 1. The van der Waals surface area contributed by atoms with Crippen molar-refractivity contribution in [1.82, 2.24) is 14.8 Å². The number of carboxylic acids is 1. The molecular formula is C13H17N3O3. The van der Waals surface area contributed by atoms with E-state index in [9.17, 15) is 9.59 Å². The number of likely N-dealkylation sites (N-methyl/N-ethyl adjacent to an activating group) is 1. The molecule has 0 radical (unpaired) electrons. The predicted octanol–water partition coefficient (Wildman–Crippen LogP) is 0.444. The van der Waals surface area contributed by atoms with Crippen molar-refractivity contribution >= 4 is 11.9 Å². The normalized spacial score (nSPS) is 17.3. The van der Waals surface area contributed by atoms with Crippen molar-refractivity contribution < 1.29 is 14.7 Å². The van der Waals surface area contributed by atoms with Gasteiger partial charge < -0.3 is 10.0 Å². The van der Waals surface area contributed by atoms with E-state index in [-0.39, 0.29) is 11.6 Å². The monoisotopic (exact) mass is 263 g/mol. The largest absolute Gasteiger partial charge is 0.477 e. The molecule has 1 aromatic rings. The van der Waals surface area contributed by atoms with Crippen LogP contribution in [0.1, 0.15) is 22.6 Å². The van der Waals surface area contributed by atoms with Crippen LogP contribution in [0.25, 0.3) is 0 Å². The number of rotatable bonds is 3. The highest BCUT2D eigenvalue weighted by Crippen LogP contribution is 2.08. The standard InChI is InChI=1S/C13H17N3O3/c1-15-6-3-7-16(9-12(15)17)8-10-4-2-5-11(14-10)13(18)19/h2,4-5H,3,6-9H2,1H3,(H,18,19). The SMILES string of the molecule is CN1CCCN(Cc2cccc(C(=O)O)n2)CC1=O. The summed E-state index contributed by atoms with van der Waals surface area (Å²) in [6.45, 7) is 2.43. The van der Waals surface area contributed by atoms with Crippen LogP contribution in [0.2, 0.25) is 0 Å². The van der Waals surface area contributed by atoms with Crippen molar-refractivity contribution in [3.63, 3.8) is 0 Å². The molecule has 1 N–H and O–H groups in total. The summed E-state index contributed by atoms with van der Waals surface area (Å²) in [5.74, 6) is -0.944. The van der Waals surface area contributed by atoms with Crippen LogP contribution in [0.5, 0.6) is 0 Å². The van der Waals surface area contributed by atoms with E-state index in [1.54, 1.807) is 24.1 Å². The van der Waals surface area contributed by atoms with Gasteiger partial charge in [-0.3, -0.25) is 9.69 Å². The van der Waals surface area contributed by atoms with Crippen LogP contribution >= 0.6 is 0 Å². The number of hydrogen-bond acceptors (Lipinski definition) is 4. The van der Waals surface area contributed by atoms with Crippen LogP contribution in [0.15, 0.2) is 18.2 Å². The molecule has 1 aromatic heterocycles. The molecule has 102 valence electrons. The molecule has 0 aliphatic carbocycles. The van der Waals surface area contributed by atoms with E-state index in [1.165, 1.54) is 6.07 Å². The van der Waals surface area contributed by atoms with E-state index in [4.69, 9.17) is 5.11 Å². The minimum Gasteiger partial charge on any atom is -0.477 e. The van der Waals surface area contributed by atoms with E-state index in [2.05, 4.69) is 4.98 Å². The number of carbonyl (C=O) groups is 2. The summed E-state index contributed by atoms with van der Waals surface area (Å²) >= 11 is 0. The fourth-order valence-electron chi connectivity index (χ4n) is 2.10. The lowest BCUT2D eigenvalue weighted by molar-refractivity contribution is -0.130. The average Bonchev–Trinajstić information content (AvgIpc) is 2.52. The second-order valence-corrected chi connectivity index (χ2v) is 4.70. The molecule has 0 saturated carbocycles. The smallest absolute Gasteiger partial charge is 0.354 e. The highest BCUT2D eigenvalue weighted by molar-refractivity contribution is 5.85. The van der Waals surface area contributed by atoms with Gasteiger partial charge in [-0.05, 0) is 18.6 Å². The Kier molecular flexibility index (Phi) is 4.11. The molecule has 0 unspecified atom stereocenters. The number of aromatic nitrogens is 1. The Morgan fingerprint density at radius 3 is 2.95 bits per heavy atom. The van der Waals surface area contributed by atoms with Gasteiger partial charge in [-0.15, -0.1) is 0 Å². The third-order valence-electron chi connectivity index (χ3n) is 3.16. The number of pyridine rings is 1. The van der Waals surface area contributed by atoms with Crippen LogP contribution in [0.4, 0.5) is 0 Å². The second-order valence-electron chi connectivity index (χ2n) is 4.70. The van der Waals surface area contributed by atoms with E-state index in [1.807, 2.05) is 4.90 Å². The molecule has 1 aliphatic heterocycles. The van der Waals surface area contributed by atoms with Crippen molar-refractivity contribution in [2.24, 2.45) is 0 Å². The van der Waals surface area contributed by atoms with Gasteiger partial charge in [-0.1, -0.05) is 6.07 Å². The van der Waals surface area contributed by atoms with Gasteiger partial charge in [0.1, 0.15) is 5.69 Å². The second kappa shape index (κ2) is 5.79. The molecule has 19 heavy (non-hydrogen) atoms. The summed E-state index contributed by atoms with van der Waals surface area (Å²) < 4.78 is 0. The summed E-state index contributed by atoms with van der Waals surface area (Å²) in [5.41, 5.74) is 0.716. The number of amides is 1. The maximum absolute atomic E-state index is 11.8. The molecule has 2 heterocycles. The minimum atomic E-state index is -1.03. The van der Waals surface area contributed by atoms with Crippen molar-refractivity contribution in [2.75, 3.05) is 26.7 Å². The average molecular weight is 263 g/mol. The molecule has 6 nitrogen and oxygen atoms in total. The lowest BCUT2D eigenvalue weighted by Gasteiger charge is -2.18. The molecule has 1 saturated heterocycles. The Labute approximate surface area is 111 Å². The van der Waals surface area contributed by atoms with Gasteiger partial charge in [0, 0.05) is 26.7 Å². The Hall–Kier alpha value is -1.95. The quantitative estimate of drug-likeness (QED) is 0.856. The molecule has 0 atom stereocenters. The number of carboxylic acid groups (broad SMARTS) is 1. The van der Waals surface area contributed by atoms with Crippen molar-refractivity contribution in [3.8, 4) is 0 Å². The van der Waals surface area contributed by atoms with Crippen molar-refractivity contribution in [1.29, 1.82) is 0 Å². The summed E-state index contributed by atoms with van der Waals surface area (Å²) in [6.07, 6.45) is 0.918. The van der Waals surface area contributed by atoms with Crippen LogP contribution in [-0.2, 0) is 11.3 Å². The Morgan fingerprint density at radius 1 is 1.42 bits per heavy atom. The van der Waals surface area contributed by atoms with Crippen LogP contribution in [0, 0.1) is 0 Å². The third-order valence-corrected chi connectivity index (χ3v) is 3.16. The Balaban J connectivity index is 2.06. The molecule has 2 rings (SSSR count). The number of nitrogens with zero attached hydrogens (tertiary/aromatic N) is 3. The maximum atomic E-state index is 11.8. The highest BCUT2D eigenvalue weighted by atomic mass is 16.4. The number of aromatic carboxylic acids is 1. The Morgan fingerprint density at radius 2 is 2.21 bits per heavy atom. The molecular weight excluding hydrogens is 246 g/mol. The van der Waals surface area contributed by atoms with Gasteiger partial charge in [-0.25, -0.2) is 9.78 Å². The van der Waals surface area contributed by atoms with E-state index < -0.39 is 5.97 Å². The van der Waals surface area contributed by atoms with Crippen molar-refractivity contribution in [3.05, 3.63) is 29.6 Å². The van der Waals surface area contributed by atoms with Gasteiger partial charge in [0.2, 0.25) is 5.91 Å². The van der Waals surface area contributed by atoms with Gasteiger partial charge in [0.15, 0.2) is 0 Å². The van der Waals surface area contributed by atoms with Crippen LogP contribution < -0.4 is 0 Å². The molecule has 1 aliphatic rings. The first kappa shape index (κ1) is 13.5. The van der Waals surface area contributed by atoms with Crippen LogP contribution in [-0.4, -0.2) is 58.4 Å². The fraction of sp³-hybridized carbons (Fsp3) is 0.462. The minimum absolute atomic E-state index is 0.0377. The zero-order valence-corrected chi connectivity index (χ0v) is 10.9. The highest BCUT2D eigenvalue weighted by Gasteiger charge is 2.19. The third kappa shape index (κ3) is 3.51. The molecule has 1 fully saturated rings. The molecule has 0 spiro atoms. The van der Waals surface area contributed by atoms with E-state index in [0.29, 0.717) is 18.8 Å². The molecule has 6 heteroatoms. The van der Waals surface area contributed by atoms with Gasteiger partial charge in [0.25, 0.3) is 0 Å². The maximum Gasteiger partial charge on any atom is 0.354 e. The van der Waals surface area contributed by atoms with Crippen LogP contribution in [0.3, 0.4) is 0 Å². The van der Waals surface area contributed by atoms with Gasteiger partial charge >= 0.3 is 5.97 Å². The van der Waals surface area contributed by atoms with E-state index >= 15 is 0 Å². The predicted molar refractivity (Wildman–Crippen MR) is 68.7 cm³/mol. The first-order valence-corrected chi connectivity index (χ1v) is 6.22. The fourth-order valence-corrected chi connectivity index (χ4v) is 2.10. The zero-order valence-electron chi connectivity index (χ0n) is 10.9. The first-order valence-electron chi connectivity index (χ1n) is 6.22.